The Bertz CT molecular complexity index is 614. The zero-order valence-corrected chi connectivity index (χ0v) is 14.7. The lowest BCUT2D eigenvalue weighted by atomic mass is 9.93. The molecule has 0 atom stereocenters. The van der Waals surface area contributed by atoms with E-state index in [0.717, 1.165) is 68.9 Å². The van der Waals surface area contributed by atoms with E-state index in [1.165, 1.54) is 12.8 Å². The fourth-order valence-electron chi connectivity index (χ4n) is 4.75. The van der Waals surface area contributed by atoms with Gasteiger partial charge in [0.05, 0.1) is 0 Å². The molecule has 0 saturated carbocycles. The number of aryl methyl sites for hydroxylation is 1. The Morgan fingerprint density at radius 1 is 1.12 bits per heavy atom. The molecule has 0 aromatic carbocycles. The van der Waals surface area contributed by atoms with E-state index in [1.807, 2.05) is 6.92 Å². The van der Waals surface area contributed by atoms with Crippen LogP contribution in [-0.4, -0.2) is 47.5 Å². The second-order valence-corrected chi connectivity index (χ2v) is 7.58. The maximum Gasteiger partial charge on any atom is 0.240 e. The summed E-state index contributed by atoms with van der Waals surface area (Å²) in [5.41, 5.74) is 1.99. The third-order valence-electron chi connectivity index (χ3n) is 5.95. The summed E-state index contributed by atoms with van der Waals surface area (Å²) in [5.74, 6) is 1.30. The molecule has 0 spiro atoms. The van der Waals surface area contributed by atoms with Crippen molar-refractivity contribution < 1.29 is 4.79 Å². The van der Waals surface area contributed by atoms with Gasteiger partial charge in [0.2, 0.25) is 5.91 Å². The molecule has 4 heterocycles. The zero-order valence-electron chi connectivity index (χ0n) is 14.7. The zero-order chi connectivity index (χ0) is 16.6. The van der Waals surface area contributed by atoms with E-state index in [9.17, 15) is 4.79 Å². The molecular formula is C19H28N4O. The fraction of sp³-hybridized carbons (Fsp3) is 0.684. The Balaban J connectivity index is 1.45. The summed E-state index contributed by atoms with van der Waals surface area (Å²) in [6.07, 6.45) is 6.85. The summed E-state index contributed by atoms with van der Waals surface area (Å²) < 4.78 is 0. The smallest absolute Gasteiger partial charge is 0.240 e. The van der Waals surface area contributed by atoms with Crippen molar-refractivity contribution in [3.63, 3.8) is 0 Å². The molecule has 1 aromatic heterocycles. The molecule has 4 rings (SSSR count). The van der Waals surface area contributed by atoms with Crippen LogP contribution in [0.5, 0.6) is 0 Å². The van der Waals surface area contributed by atoms with Crippen LogP contribution in [0.4, 0.5) is 5.82 Å². The number of nitrogens with zero attached hydrogens (tertiary/aromatic N) is 3. The van der Waals surface area contributed by atoms with Crippen LogP contribution < -0.4 is 10.2 Å². The first-order valence-electron chi connectivity index (χ1n) is 9.43. The lowest BCUT2D eigenvalue weighted by molar-refractivity contribution is -0.130. The van der Waals surface area contributed by atoms with Crippen LogP contribution in [0.25, 0.3) is 0 Å². The lowest BCUT2D eigenvalue weighted by Crippen LogP contribution is -2.51. The van der Waals surface area contributed by atoms with E-state index in [1.54, 1.807) is 0 Å². The molecule has 0 bridgehead atoms. The molecule has 5 heteroatoms. The highest BCUT2D eigenvalue weighted by atomic mass is 16.2. The van der Waals surface area contributed by atoms with Gasteiger partial charge < -0.3 is 10.2 Å². The van der Waals surface area contributed by atoms with Crippen LogP contribution in [-0.2, 0) is 11.3 Å². The Morgan fingerprint density at radius 3 is 2.54 bits per heavy atom. The number of rotatable bonds is 4. The minimum Gasteiger partial charge on any atom is -0.357 e. The van der Waals surface area contributed by atoms with E-state index < -0.39 is 0 Å². The summed E-state index contributed by atoms with van der Waals surface area (Å²) in [5, 5.41) is 3.22. The predicted octanol–water partition coefficient (Wildman–Crippen LogP) is 2.23. The van der Waals surface area contributed by atoms with Crippen molar-refractivity contribution in [1.29, 1.82) is 0 Å². The Kier molecular flexibility index (Phi) is 4.21. The number of nitrogens with one attached hydrogen (secondary N) is 1. The lowest BCUT2D eigenvalue weighted by Gasteiger charge is -2.30. The van der Waals surface area contributed by atoms with Crippen molar-refractivity contribution in [2.45, 2.75) is 57.5 Å². The number of hydrogen-bond donors (Lipinski definition) is 1. The molecule has 3 saturated heterocycles. The average molecular weight is 328 g/mol. The summed E-state index contributed by atoms with van der Waals surface area (Å²) in [7, 11) is 0. The number of hydrogen-bond acceptors (Lipinski definition) is 4. The normalized spacial score (nSPS) is 22.8. The Hall–Kier alpha value is -1.62. The van der Waals surface area contributed by atoms with E-state index in [-0.39, 0.29) is 11.4 Å². The number of carbonyl (C=O) groups is 1. The predicted molar refractivity (Wildman–Crippen MR) is 95.0 cm³/mol. The third kappa shape index (κ3) is 2.79. The van der Waals surface area contributed by atoms with Crippen molar-refractivity contribution in [2.24, 2.45) is 0 Å². The number of aromatic nitrogens is 1. The monoisotopic (exact) mass is 328 g/mol. The number of anilines is 1. The van der Waals surface area contributed by atoms with E-state index in [4.69, 9.17) is 0 Å². The van der Waals surface area contributed by atoms with Crippen molar-refractivity contribution >= 4 is 11.7 Å². The SMILES string of the molecule is Cc1cc(CNC(=O)C23CCCN2CCC3)cc(N2CCCC2)n1. The third-order valence-corrected chi connectivity index (χ3v) is 5.95. The molecule has 1 aromatic rings. The minimum atomic E-state index is -0.208. The average Bonchev–Trinajstić information content (AvgIpc) is 3.27. The number of carbonyl (C=O) groups excluding carboxylic acids is 1. The molecule has 1 N–H and O–H groups in total. The highest BCUT2D eigenvalue weighted by Gasteiger charge is 2.49. The molecule has 3 aliphatic heterocycles. The van der Waals surface area contributed by atoms with Gasteiger partial charge in [-0.05, 0) is 76.2 Å². The first kappa shape index (κ1) is 15.9. The highest BCUT2D eigenvalue weighted by molar-refractivity contribution is 5.87. The highest BCUT2D eigenvalue weighted by Crippen LogP contribution is 2.38. The van der Waals surface area contributed by atoms with Gasteiger partial charge in [0.1, 0.15) is 11.4 Å². The molecule has 130 valence electrons. The van der Waals surface area contributed by atoms with Crippen LogP contribution in [0.2, 0.25) is 0 Å². The molecule has 24 heavy (non-hydrogen) atoms. The van der Waals surface area contributed by atoms with Crippen LogP contribution in [0.1, 0.15) is 49.8 Å². The molecular weight excluding hydrogens is 300 g/mol. The van der Waals surface area contributed by atoms with Crippen LogP contribution in [0.15, 0.2) is 12.1 Å². The van der Waals surface area contributed by atoms with Gasteiger partial charge in [-0.3, -0.25) is 9.69 Å². The van der Waals surface area contributed by atoms with Crippen molar-refractivity contribution in [1.82, 2.24) is 15.2 Å². The Morgan fingerprint density at radius 2 is 1.83 bits per heavy atom. The van der Waals surface area contributed by atoms with Crippen LogP contribution >= 0.6 is 0 Å². The van der Waals surface area contributed by atoms with E-state index in [0.29, 0.717) is 6.54 Å². The summed E-state index contributed by atoms with van der Waals surface area (Å²) in [4.78, 5) is 22.3. The topological polar surface area (TPSA) is 48.5 Å². The largest absolute Gasteiger partial charge is 0.357 e. The quantitative estimate of drug-likeness (QED) is 0.921. The standard InChI is InChI=1S/C19H28N4O/c1-15-12-16(13-17(21-15)22-8-2-3-9-22)14-20-18(24)19-6-4-10-23(19)11-5-7-19/h12-13H,2-11,14H2,1H3,(H,20,24). The van der Waals surface area contributed by atoms with Crippen LogP contribution in [0.3, 0.4) is 0 Å². The number of amides is 1. The molecule has 1 amide bonds. The summed E-state index contributed by atoms with van der Waals surface area (Å²) in [6, 6.07) is 4.25. The van der Waals surface area contributed by atoms with Gasteiger partial charge in [0.15, 0.2) is 0 Å². The van der Waals surface area contributed by atoms with Gasteiger partial charge >= 0.3 is 0 Å². The van der Waals surface area contributed by atoms with Gasteiger partial charge in [0.25, 0.3) is 0 Å². The van der Waals surface area contributed by atoms with Crippen LogP contribution in [0, 0.1) is 6.92 Å². The number of fused-ring (bicyclic) bond motifs is 1. The maximum atomic E-state index is 12.9. The van der Waals surface area contributed by atoms with Gasteiger partial charge in [-0.1, -0.05) is 0 Å². The van der Waals surface area contributed by atoms with Crippen molar-refractivity contribution in [3.05, 3.63) is 23.4 Å². The molecule has 0 radical (unpaired) electrons. The fourth-order valence-corrected chi connectivity index (χ4v) is 4.75. The number of pyridine rings is 1. The van der Waals surface area contributed by atoms with E-state index in [2.05, 4.69) is 32.2 Å². The van der Waals surface area contributed by atoms with Gasteiger partial charge in [-0.2, -0.15) is 0 Å². The molecule has 0 aliphatic carbocycles. The molecule has 3 aliphatic rings. The first-order valence-corrected chi connectivity index (χ1v) is 9.43. The molecule has 3 fully saturated rings. The summed E-state index contributed by atoms with van der Waals surface area (Å²) in [6.45, 7) is 7.01. The second-order valence-electron chi connectivity index (χ2n) is 7.58. The van der Waals surface area contributed by atoms with Gasteiger partial charge in [0, 0.05) is 25.3 Å². The van der Waals surface area contributed by atoms with E-state index >= 15 is 0 Å². The molecule has 5 nitrogen and oxygen atoms in total. The minimum absolute atomic E-state index is 0.208. The van der Waals surface area contributed by atoms with Crippen molar-refractivity contribution in [3.8, 4) is 0 Å². The van der Waals surface area contributed by atoms with Gasteiger partial charge in [-0.15, -0.1) is 0 Å². The first-order chi connectivity index (χ1) is 11.7. The second kappa shape index (κ2) is 6.36. The Labute approximate surface area is 144 Å². The molecule has 0 unspecified atom stereocenters. The maximum absolute atomic E-state index is 12.9. The van der Waals surface area contributed by atoms with Gasteiger partial charge in [-0.25, -0.2) is 4.98 Å². The van der Waals surface area contributed by atoms with Crippen molar-refractivity contribution in [2.75, 3.05) is 31.1 Å². The summed E-state index contributed by atoms with van der Waals surface area (Å²) >= 11 is 0.